The molecule has 0 aliphatic heterocycles. The maximum Gasteiger partial charge on any atom is 0.162 e. The third kappa shape index (κ3) is 2.68. The molecule has 14 heavy (non-hydrogen) atoms. The van der Waals surface area contributed by atoms with Crippen molar-refractivity contribution in [1.82, 2.24) is 0 Å². The zero-order valence-electron chi connectivity index (χ0n) is 7.60. The second-order valence-corrected chi connectivity index (χ2v) is 3.25. The van der Waals surface area contributed by atoms with Crippen molar-refractivity contribution in [3.8, 4) is 11.8 Å². The smallest absolute Gasteiger partial charge is 0.162 e. The van der Waals surface area contributed by atoms with E-state index in [4.69, 9.17) is 0 Å². The molecule has 0 aliphatic rings. The number of carbonyl (C=O) groups excluding carboxylic acids is 1. The predicted octanol–water partition coefficient (Wildman–Crippen LogP) is 2.77. The van der Waals surface area contributed by atoms with E-state index in [2.05, 4.69) is 27.8 Å². The van der Waals surface area contributed by atoms with Gasteiger partial charge in [-0.05, 0) is 25.1 Å². The monoisotopic (exact) mass is 254 g/mol. The first-order valence-electron chi connectivity index (χ1n) is 4.00. The van der Waals surface area contributed by atoms with Gasteiger partial charge in [0.05, 0.1) is 10.9 Å². The van der Waals surface area contributed by atoms with Crippen LogP contribution in [-0.4, -0.2) is 11.1 Å². The summed E-state index contributed by atoms with van der Waals surface area (Å²) < 4.78 is 13.1. The van der Waals surface area contributed by atoms with Gasteiger partial charge in [0, 0.05) is 5.56 Å². The minimum absolute atomic E-state index is 0.0892. The first-order valence-corrected chi connectivity index (χ1v) is 5.12. The molecule has 0 spiro atoms. The van der Waals surface area contributed by atoms with Crippen LogP contribution in [0.5, 0.6) is 0 Å². The number of alkyl halides is 1. The highest BCUT2D eigenvalue weighted by Crippen LogP contribution is 2.10. The second-order valence-electron chi connectivity index (χ2n) is 2.69. The standard InChI is InChI=1S/C11H8BrFO/c1-8(14)10-7-9(3-2-6-12)4-5-11(10)13/h4-5,7H,6H2,1H3. The van der Waals surface area contributed by atoms with E-state index in [0.29, 0.717) is 10.9 Å². The number of rotatable bonds is 1. The van der Waals surface area contributed by atoms with Crippen LogP contribution in [0.15, 0.2) is 18.2 Å². The maximum atomic E-state index is 13.1. The summed E-state index contributed by atoms with van der Waals surface area (Å²) in [5.74, 6) is 4.80. The lowest BCUT2D eigenvalue weighted by Gasteiger charge is -1.98. The van der Waals surface area contributed by atoms with E-state index in [1.165, 1.54) is 19.1 Å². The highest BCUT2D eigenvalue weighted by molar-refractivity contribution is 9.09. The molecular weight excluding hydrogens is 247 g/mol. The zero-order chi connectivity index (χ0) is 10.6. The van der Waals surface area contributed by atoms with Gasteiger partial charge in [-0.3, -0.25) is 4.79 Å². The van der Waals surface area contributed by atoms with Gasteiger partial charge in [0.1, 0.15) is 5.82 Å². The molecule has 3 heteroatoms. The van der Waals surface area contributed by atoms with Crippen molar-refractivity contribution in [2.75, 3.05) is 5.33 Å². The molecule has 0 heterocycles. The number of hydrogen-bond acceptors (Lipinski definition) is 1. The number of Topliss-reactive ketones (excluding diaryl/α,β-unsaturated/α-hetero) is 1. The summed E-state index contributed by atoms with van der Waals surface area (Å²) in [7, 11) is 0. The van der Waals surface area contributed by atoms with Crippen LogP contribution in [0.4, 0.5) is 4.39 Å². The van der Waals surface area contributed by atoms with E-state index >= 15 is 0 Å². The first-order chi connectivity index (χ1) is 6.65. The lowest BCUT2D eigenvalue weighted by Crippen LogP contribution is -1.97. The van der Waals surface area contributed by atoms with Gasteiger partial charge in [-0.2, -0.15) is 0 Å². The number of carbonyl (C=O) groups is 1. The fraction of sp³-hybridized carbons (Fsp3) is 0.182. The lowest BCUT2D eigenvalue weighted by atomic mass is 10.1. The molecule has 0 aliphatic carbocycles. The van der Waals surface area contributed by atoms with Crippen molar-refractivity contribution in [2.45, 2.75) is 6.92 Å². The summed E-state index contributed by atoms with van der Waals surface area (Å²) in [6, 6.07) is 4.28. The molecule has 1 aromatic carbocycles. The summed E-state index contributed by atoms with van der Waals surface area (Å²) in [6.45, 7) is 1.33. The van der Waals surface area contributed by atoms with Crippen LogP contribution in [0.25, 0.3) is 0 Å². The average Bonchev–Trinajstić information content (AvgIpc) is 2.16. The molecule has 0 N–H and O–H groups in total. The average molecular weight is 255 g/mol. The second kappa shape index (κ2) is 4.92. The van der Waals surface area contributed by atoms with E-state index in [1.54, 1.807) is 6.07 Å². The Labute approximate surface area is 90.4 Å². The molecule has 0 bridgehead atoms. The van der Waals surface area contributed by atoms with Crippen molar-refractivity contribution in [2.24, 2.45) is 0 Å². The normalized spacial score (nSPS) is 9.07. The van der Waals surface area contributed by atoms with E-state index < -0.39 is 5.82 Å². The number of ketones is 1. The quantitative estimate of drug-likeness (QED) is 0.428. The van der Waals surface area contributed by atoms with Crippen LogP contribution >= 0.6 is 15.9 Å². The summed E-state index contributed by atoms with van der Waals surface area (Å²) in [6.07, 6.45) is 0. The Hall–Kier alpha value is -1.14. The summed E-state index contributed by atoms with van der Waals surface area (Å²) in [5, 5.41) is 0.555. The highest BCUT2D eigenvalue weighted by atomic mass is 79.9. The largest absolute Gasteiger partial charge is 0.294 e. The van der Waals surface area contributed by atoms with Crippen molar-refractivity contribution in [3.05, 3.63) is 35.1 Å². The van der Waals surface area contributed by atoms with Gasteiger partial charge in [-0.1, -0.05) is 27.8 Å². The van der Waals surface area contributed by atoms with Crippen LogP contribution < -0.4 is 0 Å². The lowest BCUT2D eigenvalue weighted by molar-refractivity contribution is 0.101. The zero-order valence-corrected chi connectivity index (χ0v) is 9.19. The minimum Gasteiger partial charge on any atom is -0.294 e. The Morgan fingerprint density at radius 2 is 2.29 bits per heavy atom. The minimum atomic E-state index is -0.498. The third-order valence-electron chi connectivity index (χ3n) is 1.65. The molecule has 1 rings (SSSR count). The fourth-order valence-corrected chi connectivity index (χ4v) is 1.15. The van der Waals surface area contributed by atoms with Gasteiger partial charge in [-0.15, -0.1) is 0 Å². The Morgan fingerprint density at radius 3 is 2.86 bits per heavy atom. The van der Waals surface area contributed by atoms with Crippen LogP contribution in [0.2, 0.25) is 0 Å². The van der Waals surface area contributed by atoms with Gasteiger partial charge in [0.25, 0.3) is 0 Å². The predicted molar refractivity (Wildman–Crippen MR) is 57.1 cm³/mol. The van der Waals surface area contributed by atoms with Gasteiger partial charge >= 0.3 is 0 Å². The molecule has 0 aromatic heterocycles. The topological polar surface area (TPSA) is 17.1 Å². The summed E-state index contributed by atoms with van der Waals surface area (Å²) in [4.78, 5) is 11.0. The van der Waals surface area contributed by atoms with E-state index in [-0.39, 0.29) is 11.3 Å². The molecule has 0 saturated carbocycles. The number of hydrogen-bond donors (Lipinski definition) is 0. The number of halogens is 2. The van der Waals surface area contributed by atoms with Crippen molar-refractivity contribution in [3.63, 3.8) is 0 Å². The molecule has 0 atom stereocenters. The van der Waals surface area contributed by atoms with Crippen molar-refractivity contribution >= 4 is 21.7 Å². The third-order valence-corrected chi connectivity index (χ3v) is 1.93. The molecule has 0 saturated heterocycles. The Morgan fingerprint density at radius 1 is 1.57 bits per heavy atom. The molecule has 0 fully saturated rings. The van der Waals surface area contributed by atoms with Gasteiger partial charge in [-0.25, -0.2) is 4.39 Å². The number of benzene rings is 1. The SMILES string of the molecule is CC(=O)c1cc(C#CCBr)ccc1F. The van der Waals surface area contributed by atoms with Crippen molar-refractivity contribution in [1.29, 1.82) is 0 Å². The fourth-order valence-electron chi connectivity index (χ4n) is 1.01. The van der Waals surface area contributed by atoms with Crippen LogP contribution in [-0.2, 0) is 0 Å². The molecule has 1 aromatic rings. The van der Waals surface area contributed by atoms with Crippen molar-refractivity contribution < 1.29 is 9.18 Å². The summed E-state index contributed by atoms with van der Waals surface area (Å²) in [5.41, 5.74) is 0.738. The van der Waals surface area contributed by atoms with Gasteiger partial charge < -0.3 is 0 Å². The van der Waals surface area contributed by atoms with Crippen LogP contribution in [0, 0.1) is 17.7 Å². The highest BCUT2D eigenvalue weighted by Gasteiger charge is 2.06. The van der Waals surface area contributed by atoms with Crippen LogP contribution in [0.1, 0.15) is 22.8 Å². The Balaban J connectivity index is 3.13. The van der Waals surface area contributed by atoms with E-state index in [9.17, 15) is 9.18 Å². The molecule has 1 nitrogen and oxygen atoms in total. The Kier molecular flexibility index (Phi) is 3.84. The van der Waals surface area contributed by atoms with Gasteiger partial charge in [0.15, 0.2) is 5.78 Å². The molecular formula is C11H8BrFO. The molecule has 0 amide bonds. The van der Waals surface area contributed by atoms with Crippen LogP contribution in [0.3, 0.4) is 0 Å². The summed E-state index contributed by atoms with van der Waals surface area (Å²) >= 11 is 3.15. The first kappa shape index (κ1) is 10.9. The maximum absolute atomic E-state index is 13.1. The molecule has 72 valence electrons. The molecule has 0 unspecified atom stereocenters. The Bertz CT molecular complexity index is 415. The molecule has 0 radical (unpaired) electrons. The van der Waals surface area contributed by atoms with E-state index in [0.717, 1.165) is 0 Å². The van der Waals surface area contributed by atoms with E-state index in [1.807, 2.05) is 0 Å². The van der Waals surface area contributed by atoms with Gasteiger partial charge in [0.2, 0.25) is 0 Å².